The van der Waals surface area contributed by atoms with E-state index in [-0.39, 0.29) is 49.9 Å². The van der Waals surface area contributed by atoms with Crippen LogP contribution in [-0.4, -0.2) is 54.8 Å². The quantitative estimate of drug-likeness (QED) is 0.541. The molecule has 0 saturated carbocycles. The monoisotopic (exact) mass is 414 g/mol. The van der Waals surface area contributed by atoms with Crippen LogP contribution in [0.15, 0.2) is 11.0 Å². The Kier molecular flexibility index (Phi) is 6.21. The molecule has 0 bridgehead atoms. The minimum Gasteiger partial charge on any atom is -0.487 e. The number of ether oxygens (including phenoxy) is 3. The van der Waals surface area contributed by atoms with Crippen LogP contribution in [-0.2, 0) is 9.47 Å². The van der Waals surface area contributed by atoms with Crippen molar-refractivity contribution in [2.24, 2.45) is 0 Å². The number of amides is 1. The predicted molar refractivity (Wildman–Crippen MR) is 97.7 cm³/mol. The molecule has 29 heavy (non-hydrogen) atoms. The Hall–Kier alpha value is -2.49. The predicted octanol–water partition coefficient (Wildman–Crippen LogP) is 1.91. The lowest BCUT2D eigenvalue weighted by molar-refractivity contribution is -0.0831. The summed E-state index contributed by atoms with van der Waals surface area (Å²) in [7, 11) is 0. The molecule has 2 aliphatic rings. The van der Waals surface area contributed by atoms with Gasteiger partial charge in [0.25, 0.3) is 12.3 Å². The van der Waals surface area contributed by atoms with Crippen molar-refractivity contribution >= 4 is 11.9 Å². The van der Waals surface area contributed by atoms with E-state index < -0.39 is 35.3 Å². The van der Waals surface area contributed by atoms with Crippen molar-refractivity contribution in [1.29, 1.82) is 0 Å². The number of pyridine rings is 1. The van der Waals surface area contributed by atoms with Gasteiger partial charge < -0.3 is 24.1 Å². The van der Waals surface area contributed by atoms with Crippen molar-refractivity contribution in [3.05, 3.63) is 27.7 Å². The van der Waals surface area contributed by atoms with Crippen LogP contribution >= 0.6 is 0 Å². The van der Waals surface area contributed by atoms with Gasteiger partial charge >= 0.3 is 5.97 Å². The Bertz CT molecular complexity index is 856. The number of rotatable bonds is 7. The molecule has 1 aromatic heterocycles. The third kappa shape index (κ3) is 3.61. The smallest absolute Gasteiger partial charge is 0.343 e. The number of fused-ring (bicyclic) bond motifs is 3. The largest absolute Gasteiger partial charge is 0.487 e. The maximum absolute atomic E-state index is 14.1. The number of nitrogens with one attached hydrogen (secondary N) is 1. The third-order valence-electron chi connectivity index (χ3n) is 5.25. The molecule has 10 heteroatoms. The number of esters is 1. The molecule has 1 fully saturated rings. The standard InChI is InChI=1S/C19H24F2N2O6/c1-3-5-7-29-15-13-16(25)22-19(18(20)21)6-8-27-10-12(19)23(13)9-11(14(15)24)17(26)28-4-2/h9,12,18H,3-8,10H2,1-2H3,(H,22,25)/t12-,19+/m0/s1. The summed E-state index contributed by atoms with van der Waals surface area (Å²) in [5.74, 6) is -2.09. The first-order chi connectivity index (χ1) is 13.9. The summed E-state index contributed by atoms with van der Waals surface area (Å²) in [5.41, 5.74) is -3.22. The molecule has 2 aliphatic heterocycles. The van der Waals surface area contributed by atoms with Crippen LogP contribution in [0.1, 0.15) is 60.0 Å². The van der Waals surface area contributed by atoms with Gasteiger partial charge in [-0.3, -0.25) is 9.59 Å². The van der Waals surface area contributed by atoms with Gasteiger partial charge in [-0.05, 0) is 13.3 Å². The van der Waals surface area contributed by atoms with Crippen molar-refractivity contribution in [3.8, 4) is 5.75 Å². The van der Waals surface area contributed by atoms with Crippen molar-refractivity contribution in [3.63, 3.8) is 0 Å². The molecule has 0 aliphatic carbocycles. The summed E-state index contributed by atoms with van der Waals surface area (Å²) in [5, 5.41) is 2.39. The topological polar surface area (TPSA) is 95.9 Å². The maximum atomic E-state index is 14.1. The van der Waals surface area contributed by atoms with Crippen LogP contribution in [0.2, 0.25) is 0 Å². The van der Waals surface area contributed by atoms with E-state index in [4.69, 9.17) is 14.2 Å². The molecular weight excluding hydrogens is 390 g/mol. The van der Waals surface area contributed by atoms with E-state index in [1.807, 2.05) is 6.92 Å². The fourth-order valence-corrected chi connectivity index (χ4v) is 3.69. The number of hydrogen-bond donors (Lipinski definition) is 1. The van der Waals surface area contributed by atoms with Gasteiger partial charge in [-0.2, -0.15) is 0 Å². The lowest BCUT2D eigenvalue weighted by Gasteiger charge is -2.48. The zero-order chi connectivity index (χ0) is 21.2. The highest BCUT2D eigenvalue weighted by molar-refractivity contribution is 5.98. The molecule has 0 radical (unpaired) electrons. The minimum absolute atomic E-state index is 0.0278. The van der Waals surface area contributed by atoms with Crippen LogP contribution in [0.5, 0.6) is 5.75 Å². The minimum atomic E-state index is -2.87. The first-order valence-corrected chi connectivity index (χ1v) is 9.64. The molecule has 1 saturated heterocycles. The molecule has 160 valence electrons. The number of aromatic nitrogens is 1. The first kappa shape index (κ1) is 21.2. The van der Waals surface area contributed by atoms with Gasteiger partial charge in [0.05, 0.1) is 25.9 Å². The van der Waals surface area contributed by atoms with Gasteiger partial charge in [0, 0.05) is 19.2 Å². The summed E-state index contributed by atoms with van der Waals surface area (Å²) in [4.78, 5) is 38.0. The van der Waals surface area contributed by atoms with Gasteiger partial charge in [0.1, 0.15) is 11.1 Å². The number of alkyl halides is 2. The Labute approximate surface area is 166 Å². The Morgan fingerprint density at radius 3 is 2.83 bits per heavy atom. The number of unbranched alkanes of at least 4 members (excludes halogenated alkanes) is 1. The summed E-state index contributed by atoms with van der Waals surface area (Å²) in [6.45, 7) is 3.61. The van der Waals surface area contributed by atoms with Gasteiger partial charge in [0.15, 0.2) is 11.4 Å². The molecule has 0 unspecified atom stereocenters. The molecule has 0 spiro atoms. The second-order valence-corrected chi connectivity index (χ2v) is 7.02. The number of hydrogen-bond acceptors (Lipinski definition) is 6. The van der Waals surface area contributed by atoms with Gasteiger partial charge in [-0.15, -0.1) is 0 Å². The van der Waals surface area contributed by atoms with E-state index in [1.165, 1.54) is 4.57 Å². The summed E-state index contributed by atoms with van der Waals surface area (Å²) in [6.07, 6.45) is -0.482. The van der Waals surface area contributed by atoms with Crippen molar-refractivity contribution in [2.45, 2.75) is 51.1 Å². The average Bonchev–Trinajstić information content (AvgIpc) is 2.69. The van der Waals surface area contributed by atoms with Crippen LogP contribution in [0.3, 0.4) is 0 Å². The highest BCUT2D eigenvalue weighted by Crippen LogP contribution is 2.41. The molecule has 3 rings (SSSR count). The van der Waals surface area contributed by atoms with Crippen LogP contribution in [0.25, 0.3) is 0 Å². The molecule has 3 heterocycles. The second-order valence-electron chi connectivity index (χ2n) is 7.02. The normalized spacial score (nSPS) is 23.2. The van der Waals surface area contributed by atoms with Crippen LogP contribution in [0.4, 0.5) is 8.78 Å². The molecule has 2 atom stereocenters. The first-order valence-electron chi connectivity index (χ1n) is 9.64. The fraction of sp³-hybridized carbons (Fsp3) is 0.632. The molecule has 8 nitrogen and oxygen atoms in total. The number of carbonyl (C=O) groups excluding carboxylic acids is 2. The summed E-state index contributed by atoms with van der Waals surface area (Å²) < 4.78 is 45.2. The number of halogens is 2. The van der Waals surface area contributed by atoms with E-state index in [0.717, 1.165) is 12.6 Å². The Morgan fingerprint density at radius 2 is 2.17 bits per heavy atom. The fourth-order valence-electron chi connectivity index (χ4n) is 3.69. The van der Waals surface area contributed by atoms with Gasteiger partial charge in [-0.25, -0.2) is 13.6 Å². The molecular formula is C19H24F2N2O6. The Balaban J connectivity index is 2.21. The lowest BCUT2D eigenvalue weighted by Crippen LogP contribution is -2.66. The highest BCUT2D eigenvalue weighted by Gasteiger charge is 2.55. The third-order valence-corrected chi connectivity index (χ3v) is 5.25. The molecule has 1 amide bonds. The zero-order valence-corrected chi connectivity index (χ0v) is 16.3. The summed E-state index contributed by atoms with van der Waals surface area (Å²) in [6, 6.07) is -1.01. The van der Waals surface area contributed by atoms with Crippen LogP contribution in [0, 0.1) is 0 Å². The lowest BCUT2D eigenvalue weighted by atomic mass is 9.82. The molecule has 1 N–H and O–H groups in total. The highest BCUT2D eigenvalue weighted by atomic mass is 19.3. The average molecular weight is 414 g/mol. The summed E-state index contributed by atoms with van der Waals surface area (Å²) >= 11 is 0. The van der Waals surface area contributed by atoms with Gasteiger partial charge in [0.2, 0.25) is 5.43 Å². The van der Waals surface area contributed by atoms with E-state index in [9.17, 15) is 23.2 Å². The second kappa shape index (κ2) is 8.48. The van der Waals surface area contributed by atoms with E-state index in [0.29, 0.717) is 6.42 Å². The zero-order valence-electron chi connectivity index (χ0n) is 16.3. The van der Waals surface area contributed by atoms with E-state index >= 15 is 0 Å². The SMILES string of the molecule is CCCCOc1c2n(cc(C(=O)OCC)c1=O)[C@H]1COCC[C@@]1(C(F)F)NC2=O. The van der Waals surface area contributed by atoms with Crippen LogP contribution < -0.4 is 15.5 Å². The van der Waals surface area contributed by atoms with Gasteiger partial charge in [-0.1, -0.05) is 13.3 Å². The van der Waals surface area contributed by atoms with Crippen molar-refractivity contribution < 1.29 is 32.6 Å². The maximum Gasteiger partial charge on any atom is 0.343 e. The van der Waals surface area contributed by atoms with Crippen molar-refractivity contribution in [2.75, 3.05) is 26.4 Å². The number of nitrogens with zero attached hydrogens (tertiary/aromatic N) is 1. The van der Waals surface area contributed by atoms with Crippen molar-refractivity contribution in [1.82, 2.24) is 9.88 Å². The molecule has 0 aromatic carbocycles. The Morgan fingerprint density at radius 1 is 1.41 bits per heavy atom. The molecule has 1 aromatic rings. The number of carbonyl (C=O) groups is 2. The van der Waals surface area contributed by atoms with E-state index in [1.54, 1.807) is 6.92 Å². The van der Waals surface area contributed by atoms with E-state index in [2.05, 4.69) is 5.32 Å².